The first kappa shape index (κ1) is 15.8. The fraction of sp³-hybridized carbons (Fsp3) is 0.400. The molecule has 2 aliphatic heterocycles. The van der Waals surface area contributed by atoms with E-state index in [1.807, 2.05) is 48.5 Å². The van der Waals surface area contributed by atoms with Gasteiger partial charge in [0, 0.05) is 23.2 Å². The van der Waals surface area contributed by atoms with Gasteiger partial charge in [0.15, 0.2) is 0 Å². The van der Waals surface area contributed by atoms with Crippen LogP contribution in [0.3, 0.4) is 0 Å². The van der Waals surface area contributed by atoms with E-state index in [1.165, 1.54) is 12.8 Å². The van der Waals surface area contributed by atoms with Gasteiger partial charge in [0.05, 0.1) is 0 Å². The van der Waals surface area contributed by atoms with Gasteiger partial charge in [-0.2, -0.15) is 0 Å². The maximum Gasteiger partial charge on any atom is 0.132 e. The van der Waals surface area contributed by atoms with Crippen LogP contribution in [0.5, 0.6) is 17.2 Å². The molecule has 0 aromatic heterocycles. The van der Waals surface area contributed by atoms with E-state index in [0.29, 0.717) is 22.9 Å². The lowest BCUT2D eigenvalue weighted by atomic mass is 10.0. The zero-order valence-corrected chi connectivity index (χ0v) is 14.6. The van der Waals surface area contributed by atoms with Crippen LogP contribution in [0.2, 0.25) is 5.02 Å². The summed E-state index contributed by atoms with van der Waals surface area (Å²) in [6, 6.07) is 16.7. The Kier molecular flexibility index (Phi) is 4.38. The van der Waals surface area contributed by atoms with Gasteiger partial charge >= 0.3 is 0 Å². The fourth-order valence-corrected chi connectivity index (χ4v) is 4.15. The van der Waals surface area contributed by atoms with Crippen LogP contribution in [-0.4, -0.2) is 30.1 Å². The topological polar surface area (TPSA) is 21.7 Å². The van der Waals surface area contributed by atoms with Crippen LogP contribution >= 0.6 is 11.6 Å². The van der Waals surface area contributed by atoms with Crippen molar-refractivity contribution in [1.82, 2.24) is 4.90 Å². The molecule has 0 amide bonds. The Morgan fingerprint density at radius 2 is 1.58 bits per heavy atom. The maximum atomic E-state index is 6.26. The summed E-state index contributed by atoms with van der Waals surface area (Å²) in [5, 5.41) is 0.634. The van der Waals surface area contributed by atoms with E-state index in [1.54, 1.807) is 0 Å². The average molecular weight is 344 g/mol. The van der Waals surface area contributed by atoms with Gasteiger partial charge in [-0.3, -0.25) is 0 Å². The summed E-state index contributed by atoms with van der Waals surface area (Å²) in [6.45, 7) is 0. The van der Waals surface area contributed by atoms with Crippen LogP contribution in [0, 0.1) is 0 Å². The largest absolute Gasteiger partial charge is 0.490 e. The molecule has 2 fully saturated rings. The molecule has 2 aromatic rings. The zero-order chi connectivity index (χ0) is 16.5. The molecule has 0 spiro atoms. The van der Waals surface area contributed by atoms with Gasteiger partial charge in [0.25, 0.3) is 0 Å². The number of ether oxygens (including phenoxy) is 2. The summed E-state index contributed by atoms with van der Waals surface area (Å²) in [5.41, 5.74) is 0. The third-order valence-corrected chi connectivity index (χ3v) is 5.40. The predicted octanol–water partition coefficient (Wildman–Crippen LogP) is 5.14. The molecule has 0 radical (unpaired) electrons. The minimum atomic E-state index is 0.266. The van der Waals surface area contributed by atoms with E-state index in [4.69, 9.17) is 21.1 Å². The van der Waals surface area contributed by atoms with Gasteiger partial charge in [-0.1, -0.05) is 29.8 Å². The number of piperidine rings is 1. The molecule has 2 aromatic carbocycles. The summed E-state index contributed by atoms with van der Waals surface area (Å²) in [5.74, 6) is 2.30. The maximum absolute atomic E-state index is 6.26. The van der Waals surface area contributed by atoms with Crippen molar-refractivity contribution in [3.8, 4) is 17.2 Å². The van der Waals surface area contributed by atoms with E-state index >= 15 is 0 Å². The summed E-state index contributed by atoms with van der Waals surface area (Å²) in [6.07, 6.45) is 5.03. The van der Waals surface area contributed by atoms with Crippen LogP contribution < -0.4 is 9.47 Å². The van der Waals surface area contributed by atoms with Crippen molar-refractivity contribution in [3.63, 3.8) is 0 Å². The van der Waals surface area contributed by atoms with Gasteiger partial charge < -0.3 is 14.4 Å². The quantitative estimate of drug-likeness (QED) is 0.767. The first-order chi connectivity index (χ1) is 11.7. The van der Waals surface area contributed by atoms with Gasteiger partial charge in [-0.05, 0) is 57.0 Å². The second kappa shape index (κ2) is 6.66. The minimum Gasteiger partial charge on any atom is -0.490 e. The molecule has 2 unspecified atom stereocenters. The molecule has 4 heteroatoms. The number of nitrogens with zero attached hydrogens (tertiary/aromatic N) is 1. The highest BCUT2D eigenvalue weighted by Crippen LogP contribution is 2.37. The molecule has 2 bridgehead atoms. The van der Waals surface area contributed by atoms with Crippen molar-refractivity contribution >= 4 is 11.6 Å². The molecule has 2 heterocycles. The Morgan fingerprint density at radius 3 is 2.29 bits per heavy atom. The molecule has 0 aliphatic carbocycles. The van der Waals surface area contributed by atoms with E-state index in [2.05, 4.69) is 11.9 Å². The summed E-state index contributed by atoms with van der Waals surface area (Å²) in [4.78, 5) is 2.52. The van der Waals surface area contributed by atoms with Gasteiger partial charge in [0.1, 0.15) is 23.4 Å². The van der Waals surface area contributed by atoms with Crippen molar-refractivity contribution in [1.29, 1.82) is 0 Å². The van der Waals surface area contributed by atoms with E-state index in [-0.39, 0.29) is 6.10 Å². The van der Waals surface area contributed by atoms with Crippen LogP contribution in [0.25, 0.3) is 0 Å². The number of fused-ring (bicyclic) bond motifs is 2. The van der Waals surface area contributed by atoms with Crippen LogP contribution in [0.4, 0.5) is 0 Å². The van der Waals surface area contributed by atoms with E-state index < -0.39 is 0 Å². The van der Waals surface area contributed by atoms with Crippen molar-refractivity contribution in [3.05, 3.63) is 53.6 Å². The molecule has 24 heavy (non-hydrogen) atoms. The molecule has 3 nitrogen and oxygen atoms in total. The van der Waals surface area contributed by atoms with E-state index in [0.717, 1.165) is 24.3 Å². The zero-order valence-electron chi connectivity index (χ0n) is 13.8. The van der Waals surface area contributed by atoms with Gasteiger partial charge in [0.2, 0.25) is 0 Å². The van der Waals surface area contributed by atoms with Gasteiger partial charge in [-0.15, -0.1) is 0 Å². The number of para-hydroxylation sites is 1. The van der Waals surface area contributed by atoms with Crippen molar-refractivity contribution in [2.24, 2.45) is 0 Å². The normalized spacial score (nSPS) is 26.3. The Morgan fingerprint density at radius 1 is 0.917 bits per heavy atom. The fourth-order valence-electron chi connectivity index (χ4n) is 3.94. The van der Waals surface area contributed by atoms with Crippen LogP contribution in [0.1, 0.15) is 25.7 Å². The minimum absolute atomic E-state index is 0.266. The number of hydrogen-bond donors (Lipinski definition) is 0. The average Bonchev–Trinajstić information content (AvgIpc) is 2.77. The smallest absolute Gasteiger partial charge is 0.132 e. The lowest BCUT2D eigenvalue weighted by Gasteiger charge is -2.36. The summed E-state index contributed by atoms with van der Waals surface area (Å²) >= 11 is 6.26. The molecule has 0 saturated carbocycles. The highest BCUT2D eigenvalue weighted by molar-refractivity contribution is 6.30. The van der Waals surface area contributed by atoms with Crippen molar-refractivity contribution in [2.75, 3.05) is 7.05 Å². The number of benzene rings is 2. The monoisotopic (exact) mass is 343 g/mol. The Bertz CT molecular complexity index is 692. The lowest BCUT2D eigenvalue weighted by Crippen LogP contribution is -2.43. The lowest BCUT2D eigenvalue weighted by molar-refractivity contribution is 0.0661. The van der Waals surface area contributed by atoms with Crippen molar-refractivity contribution < 1.29 is 9.47 Å². The molecular weight excluding hydrogens is 322 g/mol. The molecule has 126 valence electrons. The Balaban J connectivity index is 1.47. The molecule has 0 N–H and O–H groups in total. The highest BCUT2D eigenvalue weighted by Gasteiger charge is 2.39. The number of halogens is 1. The second-order valence-electron chi connectivity index (χ2n) is 6.80. The van der Waals surface area contributed by atoms with E-state index in [9.17, 15) is 0 Å². The predicted molar refractivity (Wildman–Crippen MR) is 96.2 cm³/mol. The molecule has 2 aliphatic rings. The SMILES string of the molecule is CN1C2CCC1CC(Oc1cc(Cl)cc(Oc3ccccc3)c1)C2. The summed E-state index contributed by atoms with van der Waals surface area (Å²) < 4.78 is 12.1. The Labute approximate surface area is 148 Å². The number of hydrogen-bond acceptors (Lipinski definition) is 3. The van der Waals surface area contributed by atoms with Crippen LogP contribution in [0.15, 0.2) is 48.5 Å². The molecule has 4 rings (SSSR count). The number of rotatable bonds is 4. The second-order valence-corrected chi connectivity index (χ2v) is 7.24. The molecule has 2 atom stereocenters. The molecular formula is C20H22ClNO2. The third kappa shape index (κ3) is 3.38. The Hall–Kier alpha value is -1.71. The molecule has 2 saturated heterocycles. The third-order valence-electron chi connectivity index (χ3n) is 5.18. The highest BCUT2D eigenvalue weighted by atomic mass is 35.5. The summed E-state index contributed by atoms with van der Waals surface area (Å²) in [7, 11) is 2.24. The van der Waals surface area contributed by atoms with Crippen LogP contribution in [-0.2, 0) is 0 Å². The first-order valence-electron chi connectivity index (χ1n) is 8.59. The first-order valence-corrected chi connectivity index (χ1v) is 8.97. The van der Waals surface area contributed by atoms with Crippen molar-refractivity contribution in [2.45, 2.75) is 43.9 Å². The van der Waals surface area contributed by atoms with Gasteiger partial charge in [-0.25, -0.2) is 0 Å². The standard InChI is InChI=1S/C20H22ClNO2/c1-22-15-7-8-16(22)12-20(11-15)24-19-10-14(21)9-18(13-19)23-17-5-3-2-4-6-17/h2-6,9-10,13,15-16,20H,7-8,11-12H2,1H3.